The number of benzene rings is 3. The third-order valence-electron chi connectivity index (χ3n) is 11.9. The fourth-order valence-electron chi connectivity index (χ4n) is 8.27. The maximum atomic E-state index is 5.55. The molecule has 4 aromatic rings. The minimum absolute atomic E-state index is 0. The molecule has 10 heteroatoms. The normalized spacial score (nSPS) is 16.4. The molecular weight excluding hydrogens is 867 g/mol. The molecule has 1 aliphatic carbocycles. The largest absolute Gasteiger partial charge is 2.00 e. The first kappa shape index (κ1) is 61.7. The second kappa shape index (κ2) is 34.8. The van der Waals surface area contributed by atoms with E-state index in [-0.39, 0.29) is 96.9 Å². The molecule has 5 aliphatic heterocycles. The van der Waals surface area contributed by atoms with E-state index in [0.717, 1.165) is 88.8 Å². The molecule has 348 valence electrons. The zero-order valence-electron chi connectivity index (χ0n) is 43.0. The average Bonchev–Trinajstić information content (AvgIpc) is 4.16. The van der Waals surface area contributed by atoms with E-state index < -0.39 is 0 Å². The van der Waals surface area contributed by atoms with Gasteiger partial charge in [0.05, 0.1) is 0 Å². The van der Waals surface area contributed by atoms with Crippen LogP contribution in [0.4, 0.5) is 22.7 Å². The van der Waals surface area contributed by atoms with Crippen molar-refractivity contribution in [1.29, 1.82) is 0 Å². The Bertz CT molecular complexity index is 1790. The van der Waals surface area contributed by atoms with Crippen molar-refractivity contribution in [2.24, 2.45) is 0 Å². The third kappa shape index (κ3) is 19.6. The van der Waals surface area contributed by atoms with Gasteiger partial charge in [-0.25, -0.2) is 35.2 Å². The molecule has 0 unspecified atom stereocenters. The Morgan fingerprint density at radius 2 is 0.758 bits per heavy atom. The van der Waals surface area contributed by atoms with Crippen LogP contribution in [0.2, 0.25) is 0 Å². The van der Waals surface area contributed by atoms with Crippen LogP contribution in [0.5, 0.6) is 0 Å². The zero-order chi connectivity index (χ0) is 44.8. The maximum absolute atomic E-state index is 5.55. The third-order valence-corrected chi connectivity index (χ3v) is 11.9. The summed E-state index contributed by atoms with van der Waals surface area (Å²) in [4.78, 5) is 0. The van der Waals surface area contributed by atoms with Crippen LogP contribution in [0.15, 0.2) is 60.7 Å². The Morgan fingerprint density at radius 3 is 1.06 bits per heavy atom. The summed E-state index contributed by atoms with van der Waals surface area (Å²) < 4.78 is 24.7. The van der Waals surface area contributed by atoms with E-state index in [9.17, 15) is 0 Å². The van der Waals surface area contributed by atoms with Crippen molar-refractivity contribution >= 4 is 77.3 Å². The van der Waals surface area contributed by atoms with Crippen molar-refractivity contribution < 1.29 is 82.8 Å². The smallest absolute Gasteiger partial charge is 0.700 e. The van der Waals surface area contributed by atoms with Crippen molar-refractivity contribution in [3.05, 3.63) is 111 Å². The Labute approximate surface area is 475 Å². The Hall–Kier alpha value is -0.460. The van der Waals surface area contributed by atoms with Gasteiger partial charge in [0.2, 0.25) is 0 Å². The zero-order valence-corrected chi connectivity index (χ0v) is 49.2. The van der Waals surface area contributed by atoms with Crippen LogP contribution in [-0.2, 0) is 23.7 Å². The molecule has 0 bridgehead atoms. The molecule has 0 spiro atoms. The molecular formula is C56H80CaN2Na2O5. The van der Waals surface area contributed by atoms with E-state index in [2.05, 4.69) is 129 Å². The molecule has 0 atom stereocenters. The quantitative estimate of drug-likeness (QED) is 0.130. The number of allylic oxidation sites excluding steroid dienone is 1. The molecule has 0 radical (unpaired) electrons. The first-order valence-electron chi connectivity index (χ1n) is 24.5. The molecule has 6 aliphatic rings. The summed E-state index contributed by atoms with van der Waals surface area (Å²) >= 11 is 0. The fourth-order valence-corrected chi connectivity index (χ4v) is 8.27. The molecule has 7 nitrogen and oxygen atoms in total. The Kier molecular flexibility index (Phi) is 32.5. The average molecular weight is 947 g/mol. The Morgan fingerprint density at radius 1 is 0.439 bits per heavy atom. The van der Waals surface area contributed by atoms with Gasteiger partial charge in [0.25, 0.3) is 0 Å². The maximum Gasteiger partial charge on any atom is 2.00 e. The van der Waals surface area contributed by atoms with Gasteiger partial charge in [-0.05, 0) is 87.9 Å². The fraction of sp³-hybridized carbons (Fsp3) is 0.571. The SMILES string of the molecule is C1CCOC1.C1CCOC1.C1CCOC1.C1CCOC1.C1CCOC1.CC(C)c1cccc(C(C)C)c1[N-]c1c([N-]c2c(C(C)C)cccc2C(C)C)[c-]2c3c(cccc13)[CH-]C=C2.[Ca+2].[Na+].[Na+]. The topological polar surface area (TPSA) is 74.4 Å². The molecule has 5 fully saturated rings. The van der Waals surface area contributed by atoms with Gasteiger partial charge in [0.1, 0.15) is 0 Å². The summed E-state index contributed by atoms with van der Waals surface area (Å²) in [5, 5.41) is 13.5. The van der Waals surface area contributed by atoms with Crippen molar-refractivity contribution in [2.45, 2.75) is 143 Å². The molecule has 0 amide bonds. The van der Waals surface area contributed by atoms with Crippen LogP contribution < -0.4 is 59.1 Å². The van der Waals surface area contributed by atoms with E-state index in [1.165, 1.54) is 108 Å². The van der Waals surface area contributed by atoms with Crippen molar-refractivity contribution in [1.82, 2.24) is 0 Å². The molecule has 0 N–H and O–H groups in total. The molecule has 10 rings (SSSR count). The van der Waals surface area contributed by atoms with Gasteiger partial charge in [0.15, 0.2) is 0 Å². The summed E-state index contributed by atoms with van der Waals surface area (Å²) in [6, 6.07) is 19.9. The summed E-state index contributed by atoms with van der Waals surface area (Å²) in [5.74, 6) is 1.51. The van der Waals surface area contributed by atoms with Crippen LogP contribution >= 0.6 is 0 Å². The number of ether oxygens (including phenoxy) is 5. The van der Waals surface area contributed by atoms with Crippen LogP contribution in [0.25, 0.3) is 27.5 Å². The van der Waals surface area contributed by atoms with Crippen LogP contribution in [0, 0.1) is 6.42 Å². The van der Waals surface area contributed by atoms with Gasteiger partial charge in [-0.15, -0.1) is 23.5 Å². The van der Waals surface area contributed by atoms with Crippen LogP contribution in [0.3, 0.4) is 0 Å². The van der Waals surface area contributed by atoms with E-state index in [1.54, 1.807) is 0 Å². The van der Waals surface area contributed by atoms with Gasteiger partial charge in [-0.3, -0.25) is 5.69 Å². The predicted octanol–water partition coefficient (Wildman–Crippen LogP) is 9.92. The number of hydrogen-bond donors (Lipinski definition) is 0. The first-order chi connectivity index (χ1) is 30.7. The Balaban J connectivity index is 0.000000427. The summed E-state index contributed by atoms with van der Waals surface area (Å²) in [5.41, 5.74) is 11.7. The summed E-state index contributed by atoms with van der Waals surface area (Å²) in [6.45, 7) is 28.1. The van der Waals surface area contributed by atoms with Crippen molar-refractivity contribution in [3.8, 4) is 0 Å². The second-order valence-corrected chi connectivity index (χ2v) is 18.4. The monoisotopic (exact) mass is 947 g/mol. The van der Waals surface area contributed by atoms with Crippen molar-refractivity contribution in [3.63, 3.8) is 0 Å². The first-order valence-corrected chi connectivity index (χ1v) is 24.5. The van der Waals surface area contributed by atoms with Gasteiger partial charge in [0, 0.05) is 66.1 Å². The standard InChI is InChI=1S/C36H40N2.5C4H8O.Ca.2Na/c1-21(2)26-15-11-16-27(22(3)4)33(26)37-35-30-19-9-13-25-14-10-20-31(32(25)30)36(35)38-34-28(23(5)6)17-12-18-29(34)24(7)8;5*1-2-4-5-3-1;;;/h9-24H,1-8H3;5*1-4H2;;;/q-4;;;;;;+2;2*+1. The molecule has 4 aromatic carbocycles. The number of rotatable bonds is 8. The second-order valence-electron chi connectivity index (χ2n) is 18.4. The van der Waals surface area contributed by atoms with Gasteiger partial charge >= 0.3 is 96.9 Å². The molecule has 5 heterocycles. The number of hydrogen-bond acceptors (Lipinski definition) is 5. The summed E-state index contributed by atoms with van der Waals surface area (Å²) in [6.07, 6.45) is 19.4. The van der Waals surface area contributed by atoms with Crippen LogP contribution in [0.1, 0.15) is 177 Å². The van der Waals surface area contributed by atoms with Gasteiger partial charge < -0.3 is 34.3 Å². The molecule has 5 saturated heterocycles. The number of nitrogens with zero attached hydrogens (tertiary/aromatic N) is 2. The van der Waals surface area contributed by atoms with E-state index in [4.69, 9.17) is 34.3 Å². The molecule has 66 heavy (non-hydrogen) atoms. The van der Waals surface area contributed by atoms with Gasteiger partial charge in [-0.1, -0.05) is 114 Å². The van der Waals surface area contributed by atoms with Gasteiger partial charge in [-0.2, -0.15) is 17.0 Å². The minimum Gasteiger partial charge on any atom is -0.700 e. The molecule has 0 aromatic heterocycles. The van der Waals surface area contributed by atoms with E-state index >= 15 is 0 Å². The molecule has 0 saturated carbocycles. The summed E-state index contributed by atoms with van der Waals surface area (Å²) in [7, 11) is 0. The van der Waals surface area contributed by atoms with Crippen LogP contribution in [-0.4, -0.2) is 104 Å². The predicted molar refractivity (Wildman–Crippen MR) is 273 cm³/mol. The minimum atomic E-state index is 0. The van der Waals surface area contributed by atoms with Crippen molar-refractivity contribution in [2.75, 3.05) is 66.1 Å². The van der Waals surface area contributed by atoms with E-state index in [1.807, 2.05) is 0 Å². The van der Waals surface area contributed by atoms with E-state index in [0.29, 0.717) is 23.7 Å². The number of para-hydroxylation sites is 2.